The Morgan fingerprint density at radius 3 is 2.82 bits per heavy atom. The van der Waals surface area contributed by atoms with Gasteiger partial charge in [0.05, 0.1) is 6.61 Å². The third-order valence-electron chi connectivity index (χ3n) is 3.29. The van der Waals surface area contributed by atoms with E-state index in [0.717, 1.165) is 12.1 Å². The number of nitrogens with one attached hydrogen (secondary N) is 2. The van der Waals surface area contributed by atoms with E-state index in [2.05, 4.69) is 10.6 Å². The first-order valence-corrected chi connectivity index (χ1v) is 7.10. The molecular weight excluding hydrogens is 286 g/mol. The number of ether oxygens (including phenoxy) is 1. The number of carbonyl (C=O) groups is 3. The summed E-state index contributed by atoms with van der Waals surface area (Å²) >= 11 is 0. The zero-order chi connectivity index (χ0) is 15.9. The molecule has 1 fully saturated rings. The summed E-state index contributed by atoms with van der Waals surface area (Å²) in [7, 11) is 1.51. The Bertz CT molecular complexity index is 574. The van der Waals surface area contributed by atoms with Crippen molar-refractivity contribution in [1.82, 2.24) is 5.32 Å². The van der Waals surface area contributed by atoms with Gasteiger partial charge in [-0.05, 0) is 24.6 Å². The maximum atomic E-state index is 11.8. The van der Waals surface area contributed by atoms with Crippen LogP contribution in [0.25, 0.3) is 0 Å². The first-order chi connectivity index (χ1) is 10.6. The smallest absolute Gasteiger partial charge is 0.313 e. The van der Waals surface area contributed by atoms with Crippen molar-refractivity contribution in [2.45, 2.75) is 12.8 Å². The van der Waals surface area contributed by atoms with Crippen LogP contribution in [-0.4, -0.2) is 44.5 Å². The molecule has 0 radical (unpaired) electrons. The SMILES string of the molecule is COCCNC(=O)C(=O)Nc1cccc(N2CCCC2=O)c1. The van der Waals surface area contributed by atoms with Gasteiger partial charge in [0.15, 0.2) is 0 Å². The van der Waals surface area contributed by atoms with Crippen LogP contribution >= 0.6 is 0 Å². The van der Waals surface area contributed by atoms with E-state index in [-0.39, 0.29) is 12.5 Å². The fourth-order valence-corrected chi connectivity index (χ4v) is 2.21. The Hall–Kier alpha value is -2.41. The van der Waals surface area contributed by atoms with E-state index < -0.39 is 11.8 Å². The Kier molecular flexibility index (Phi) is 5.48. The van der Waals surface area contributed by atoms with Gasteiger partial charge in [0.2, 0.25) is 5.91 Å². The highest BCUT2D eigenvalue weighted by Crippen LogP contribution is 2.24. The van der Waals surface area contributed by atoms with Gasteiger partial charge in [0.25, 0.3) is 0 Å². The predicted octanol–water partition coefficient (Wildman–Crippen LogP) is 0.514. The van der Waals surface area contributed by atoms with Crippen molar-refractivity contribution in [3.8, 4) is 0 Å². The molecule has 0 bridgehead atoms. The highest BCUT2D eigenvalue weighted by Gasteiger charge is 2.22. The van der Waals surface area contributed by atoms with Crippen molar-refractivity contribution in [2.24, 2.45) is 0 Å². The van der Waals surface area contributed by atoms with Crippen LogP contribution < -0.4 is 15.5 Å². The van der Waals surface area contributed by atoms with Crippen LogP contribution in [0.1, 0.15) is 12.8 Å². The molecule has 7 heteroatoms. The second kappa shape index (κ2) is 7.56. The van der Waals surface area contributed by atoms with Gasteiger partial charge in [0, 0.05) is 38.0 Å². The quantitative estimate of drug-likeness (QED) is 0.613. The summed E-state index contributed by atoms with van der Waals surface area (Å²) in [6.07, 6.45) is 1.37. The molecular formula is C15H19N3O4. The molecule has 1 heterocycles. The summed E-state index contributed by atoms with van der Waals surface area (Å²) in [5.41, 5.74) is 1.20. The third-order valence-corrected chi connectivity index (χ3v) is 3.29. The van der Waals surface area contributed by atoms with Crippen molar-refractivity contribution in [2.75, 3.05) is 37.0 Å². The van der Waals surface area contributed by atoms with Crippen LogP contribution in [0.3, 0.4) is 0 Å². The molecule has 0 aromatic heterocycles. The average molecular weight is 305 g/mol. The van der Waals surface area contributed by atoms with E-state index in [0.29, 0.717) is 25.3 Å². The normalized spacial score (nSPS) is 14.0. The Balaban J connectivity index is 1.96. The molecule has 2 rings (SSSR count). The van der Waals surface area contributed by atoms with E-state index in [4.69, 9.17) is 4.74 Å². The van der Waals surface area contributed by atoms with Crippen LogP contribution in [-0.2, 0) is 19.1 Å². The number of nitrogens with zero attached hydrogens (tertiary/aromatic N) is 1. The van der Waals surface area contributed by atoms with Gasteiger partial charge in [-0.25, -0.2) is 0 Å². The number of carbonyl (C=O) groups excluding carboxylic acids is 3. The lowest BCUT2D eigenvalue weighted by molar-refractivity contribution is -0.136. The zero-order valence-corrected chi connectivity index (χ0v) is 12.4. The highest BCUT2D eigenvalue weighted by atomic mass is 16.5. The first-order valence-electron chi connectivity index (χ1n) is 7.10. The monoisotopic (exact) mass is 305 g/mol. The molecule has 118 valence electrons. The molecule has 1 aliphatic rings. The van der Waals surface area contributed by atoms with Crippen LogP contribution in [0.4, 0.5) is 11.4 Å². The second-order valence-electron chi connectivity index (χ2n) is 4.90. The predicted molar refractivity (Wildman–Crippen MR) is 81.5 cm³/mol. The highest BCUT2D eigenvalue weighted by molar-refractivity contribution is 6.39. The summed E-state index contributed by atoms with van der Waals surface area (Å²) in [6, 6.07) is 6.89. The minimum Gasteiger partial charge on any atom is -0.383 e. The lowest BCUT2D eigenvalue weighted by Crippen LogP contribution is -2.37. The van der Waals surface area contributed by atoms with Gasteiger partial charge in [-0.1, -0.05) is 6.07 Å². The minimum atomic E-state index is -0.749. The van der Waals surface area contributed by atoms with Gasteiger partial charge in [-0.15, -0.1) is 0 Å². The number of hydrogen-bond donors (Lipinski definition) is 2. The number of anilines is 2. The van der Waals surface area contributed by atoms with Crippen molar-refractivity contribution < 1.29 is 19.1 Å². The van der Waals surface area contributed by atoms with Gasteiger partial charge in [-0.2, -0.15) is 0 Å². The number of rotatable bonds is 5. The molecule has 1 aromatic rings. The standard InChI is InChI=1S/C15H19N3O4/c1-22-9-7-16-14(20)15(21)17-11-4-2-5-12(10-11)18-8-3-6-13(18)19/h2,4-5,10H,3,6-9H2,1H3,(H,16,20)(H,17,21). The average Bonchev–Trinajstić information content (AvgIpc) is 2.94. The lowest BCUT2D eigenvalue weighted by atomic mass is 10.2. The van der Waals surface area contributed by atoms with Gasteiger partial charge < -0.3 is 20.3 Å². The fourth-order valence-electron chi connectivity index (χ4n) is 2.21. The van der Waals surface area contributed by atoms with Crippen molar-refractivity contribution >= 4 is 29.1 Å². The fraction of sp³-hybridized carbons (Fsp3) is 0.400. The number of hydrogen-bond acceptors (Lipinski definition) is 4. The number of methoxy groups -OCH3 is 1. The molecule has 2 N–H and O–H groups in total. The van der Waals surface area contributed by atoms with E-state index in [1.165, 1.54) is 7.11 Å². The Morgan fingerprint density at radius 2 is 2.14 bits per heavy atom. The Morgan fingerprint density at radius 1 is 1.32 bits per heavy atom. The lowest BCUT2D eigenvalue weighted by Gasteiger charge is -2.16. The molecule has 7 nitrogen and oxygen atoms in total. The topological polar surface area (TPSA) is 87.7 Å². The molecule has 1 saturated heterocycles. The second-order valence-corrected chi connectivity index (χ2v) is 4.90. The summed E-state index contributed by atoms with van der Waals surface area (Å²) in [6.45, 7) is 1.28. The maximum Gasteiger partial charge on any atom is 0.313 e. The van der Waals surface area contributed by atoms with Crippen molar-refractivity contribution in [3.05, 3.63) is 24.3 Å². The zero-order valence-electron chi connectivity index (χ0n) is 12.4. The number of benzene rings is 1. The van der Waals surface area contributed by atoms with Gasteiger partial charge >= 0.3 is 11.8 Å². The molecule has 1 aliphatic heterocycles. The van der Waals surface area contributed by atoms with Crippen molar-refractivity contribution in [1.29, 1.82) is 0 Å². The molecule has 0 atom stereocenters. The third kappa shape index (κ3) is 4.05. The van der Waals surface area contributed by atoms with Gasteiger partial charge in [0.1, 0.15) is 0 Å². The first kappa shape index (κ1) is 16.0. The summed E-state index contributed by atoms with van der Waals surface area (Å²) in [4.78, 5) is 36.7. The Labute approximate surface area is 128 Å². The summed E-state index contributed by atoms with van der Waals surface area (Å²) in [5, 5.41) is 4.96. The van der Waals surface area contributed by atoms with Crippen molar-refractivity contribution in [3.63, 3.8) is 0 Å². The molecule has 1 aromatic carbocycles. The van der Waals surface area contributed by atoms with Crippen LogP contribution in [0.2, 0.25) is 0 Å². The summed E-state index contributed by atoms with van der Waals surface area (Å²) in [5.74, 6) is -1.40. The van der Waals surface area contributed by atoms with Crippen LogP contribution in [0, 0.1) is 0 Å². The van der Waals surface area contributed by atoms with E-state index in [9.17, 15) is 14.4 Å². The molecule has 0 aliphatic carbocycles. The molecule has 0 unspecified atom stereocenters. The largest absolute Gasteiger partial charge is 0.383 e. The van der Waals surface area contributed by atoms with Crippen LogP contribution in [0.5, 0.6) is 0 Å². The van der Waals surface area contributed by atoms with E-state index in [1.807, 2.05) is 0 Å². The molecule has 0 saturated carbocycles. The molecule has 22 heavy (non-hydrogen) atoms. The van der Waals surface area contributed by atoms with Gasteiger partial charge in [-0.3, -0.25) is 14.4 Å². The summed E-state index contributed by atoms with van der Waals surface area (Å²) < 4.78 is 4.79. The molecule has 0 spiro atoms. The van der Waals surface area contributed by atoms with E-state index in [1.54, 1.807) is 29.2 Å². The van der Waals surface area contributed by atoms with E-state index >= 15 is 0 Å². The minimum absolute atomic E-state index is 0.0702. The van der Waals surface area contributed by atoms with Crippen LogP contribution in [0.15, 0.2) is 24.3 Å². The number of amides is 3. The molecule has 3 amide bonds. The maximum absolute atomic E-state index is 11.8.